The summed E-state index contributed by atoms with van der Waals surface area (Å²) in [6.07, 6.45) is 3.87. The molecule has 4 heteroatoms. The first-order valence-corrected chi connectivity index (χ1v) is 19.6. The highest BCUT2D eigenvalue weighted by Crippen LogP contribution is 2.56. The highest BCUT2D eigenvalue weighted by Gasteiger charge is 2.46. The van der Waals surface area contributed by atoms with Crippen LogP contribution >= 0.6 is 0 Å². The Morgan fingerprint density at radius 3 is 2.10 bits per heavy atom. The zero-order valence-electron chi connectivity index (χ0n) is 31.3. The average molecular weight is 737 g/mol. The maximum atomic E-state index is 5.31. The van der Waals surface area contributed by atoms with Crippen LogP contribution in [0.4, 0.5) is 0 Å². The van der Waals surface area contributed by atoms with Gasteiger partial charge in [-0.2, -0.15) is 0 Å². The van der Waals surface area contributed by atoms with Crippen molar-refractivity contribution in [3.05, 3.63) is 229 Å². The van der Waals surface area contributed by atoms with E-state index in [0.717, 1.165) is 60.7 Å². The van der Waals surface area contributed by atoms with Crippen LogP contribution in [0.25, 0.3) is 82.9 Å². The Hall–Kier alpha value is -7.87. The Bertz CT molecular complexity index is 3350. The molecule has 58 heavy (non-hydrogen) atoms. The summed E-state index contributed by atoms with van der Waals surface area (Å²) in [5.41, 5.74) is 13.6. The quantitative estimate of drug-likeness (QED) is 0.177. The van der Waals surface area contributed by atoms with E-state index in [-0.39, 0.29) is 0 Å². The van der Waals surface area contributed by atoms with Crippen LogP contribution in [-0.4, -0.2) is 19.5 Å². The van der Waals surface area contributed by atoms with Crippen molar-refractivity contribution in [1.82, 2.24) is 19.5 Å². The van der Waals surface area contributed by atoms with Gasteiger partial charge in [-0.1, -0.05) is 158 Å². The number of para-hydroxylation sites is 1. The molecular formula is C54H32N4. The third kappa shape index (κ3) is 4.62. The molecule has 0 saturated carbocycles. The minimum atomic E-state index is -0.509. The summed E-state index contributed by atoms with van der Waals surface area (Å²) >= 11 is 0. The molecule has 11 aromatic rings. The molecule has 1 atom stereocenters. The smallest absolute Gasteiger partial charge is 0.236 e. The van der Waals surface area contributed by atoms with Gasteiger partial charge in [-0.25, -0.2) is 9.97 Å². The van der Waals surface area contributed by atoms with E-state index in [2.05, 4.69) is 179 Å². The molecule has 268 valence electrons. The summed E-state index contributed by atoms with van der Waals surface area (Å²) < 4.78 is 2.16. The van der Waals surface area contributed by atoms with E-state index in [1.54, 1.807) is 0 Å². The molecule has 0 amide bonds. The van der Waals surface area contributed by atoms with Crippen LogP contribution in [0.15, 0.2) is 194 Å². The number of aromatic nitrogens is 4. The maximum Gasteiger partial charge on any atom is 0.236 e. The molecule has 0 saturated heterocycles. The number of rotatable bonds is 5. The fourth-order valence-electron chi connectivity index (χ4n) is 9.52. The van der Waals surface area contributed by atoms with E-state index in [0.29, 0.717) is 5.95 Å². The Labute approximate surface area is 335 Å². The summed E-state index contributed by atoms with van der Waals surface area (Å²) in [5.74, 6) is 0.604. The molecule has 0 N–H and O–H groups in total. The lowest BCUT2D eigenvalue weighted by Crippen LogP contribution is -2.28. The van der Waals surface area contributed by atoms with Gasteiger partial charge in [0.15, 0.2) is 0 Å². The van der Waals surface area contributed by atoms with Crippen molar-refractivity contribution in [2.24, 2.45) is 0 Å². The lowest BCUT2D eigenvalue weighted by atomic mass is 9.68. The number of hydrogen-bond acceptors (Lipinski definition) is 3. The lowest BCUT2D eigenvalue weighted by Gasteiger charge is -2.33. The summed E-state index contributed by atoms with van der Waals surface area (Å²) in [6.45, 7) is 0. The minimum absolute atomic E-state index is 0.509. The van der Waals surface area contributed by atoms with Gasteiger partial charge < -0.3 is 0 Å². The molecule has 0 fully saturated rings. The van der Waals surface area contributed by atoms with Crippen LogP contribution in [0, 0.1) is 12.1 Å². The molecule has 4 nitrogen and oxygen atoms in total. The van der Waals surface area contributed by atoms with E-state index in [4.69, 9.17) is 9.97 Å². The lowest BCUT2D eigenvalue weighted by molar-refractivity contribution is 0.763. The molecule has 0 bridgehead atoms. The number of benzene rings is 7. The molecule has 0 spiro atoms. The minimum Gasteiger partial charge on any atom is -0.270 e. The standard InChI is InChI=1S/C54H32N4/c1-3-15-36(16-4-1)52-43-22-10-12-24-48(43)56-53(57-52)58-49-29-27-38(33-45(49)51-41-20-8-7-14-35(41)26-30-50(51)58)37-25-28-47-44(32-37)42-21-9-11-23-46(42)54(47,39-17-5-2-6-18-39)40-19-13-31-55-34-40/h1-26,28,30-34H. The molecule has 3 aromatic heterocycles. The summed E-state index contributed by atoms with van der Waals surface area (Å²) in [7, 11) is 0. The zero-order valence-corrected chi connectivity index (χ0v) is 31.3. The van der Waals surface area contributed by atoms with Crippen LogP contribution < -0.4 is 0 Å². The number of pyridine rings is 1. The predicted molar refractivity (Wildman–Crippen MR) is 235 cm³/mol. The van der Waals surface area contributed by atoms with Crippen LogP contribution in [0.1, 0.15) is 22.3 Å². The number of fused-ring (bicyclic) bond motifs is 9. The molecule has 12 rings (SSSR count). The first kappa shape index (κ1) is 32.4. The van der Waals surface area contributed by atoms with Gasteiger partial charge in [-0.3, -0.25) is 9.55 Å². The van der Waals surface area contributed by atoms with Gasteiger partial charge in [-0.05, 0) is 86.1 Å². The summed E-state index contributed by atoms with van der Waals surface area (Å²) in [5, 5.41) is 5.58. The van der Waals surface area contributed by atoms with Crippen molar-refractivity contribution < 1.29 is 0 Å². The Morgan fingerprint density at radius 2 is 1.24 bits per heavy atom. The van der Waals surface area contributed by atoms with Gasteiger partial charge in [-0.15, -0.1) is 0 Å². The van der Waals surface area contributed by atoms with Crippen molar-refractivity contribution in [2.45, 2.75) is 5.41 Å². The normalized spacial score (nSPS) is 14.5. The molecule has 1 aliphatic carbocycles. The summed E-state index contributed by atoms with van der Waals surface area (Å²) in [4.78, 5) is 15.1. The fraction of sp³-hybridized carbons (Fsp3) is 0.0185. The van der Waals surface area contributed by atoms with Gasteiger partial charge in [0.2, 0.25) is 5.95 Å². The van der Waals surface area contributed by atoms with Gasteiger partial charge >= 0.3 is 0 Å². The second kappa shape index (κ2) is 12.6. The van der Waals surface area contributed by atoms with Crippen molar-refractivity contribution >= 4 is 43.5 Å². The first-order chi connectivity index (χ1) is 28.8. The largest absolute Gasteiger partial charge is 0.270 e. The Balaban J connectivity index is 1.10. The molecule has 0 radical (unpaired) electrons. The van der Waals surface area contributed by atoms with Crippen molar-refractivity contribution in [2.75, 3.05) is 0 Å². The molecule has 1 unspecified atom stereocenters. The van der Waals surface area contributed by atoms with Gasteiger partial charge in [0.25, 0.3) is 0 Å². The molecule has 1 aliphatic rings. The highest BCUT2D eigenvalue weighted by atomic mass is 15.2. The number of hydrogen-bond donors (Lipinski definition) is 0. The average Bonchev–Trinajstić information content (AvgIpc) is 3.80. The van der Waals surface area contributed by atoms with Gasteiger partial charge in [0.05, 0.1) is 22.1 Å². The van der Waals surface area contributed by atoms with Crippen LogP contribution in [0.3, 0.4) is 0 Å². The maximum absolute atomic E-state index is 5.31. The first-order valence-electron chi connectivity index (χ1n) is 19.6. The van der Waals surface area contributed by atoms with Gasteiger partial charge in [0, 0.05) is 39.7 Å². The van der Waals surface area contributed by atoms with E-state index >= 15 is 0 Å². The molecule has 3 heterocycles. The predicted octanol–water partition coefficient (Wildman–Crippen LogP) is 12.6. The van der Waals surface area contributed by atoms with E-state index < -0.39 is 5.41 Å². The van der Waals surface area contributed by atoms with Crippen LogP contribution in [0.5, 0.6) is 0 Å². The molecule has 8 aromatic carbocycles. The third-order valence-electron chi connectivity index (χ3n) is 12.0. The second-order valence-electron chi connectivity index (χ2n) is 15.0. The number of nitrogens with zero attached hydrogens (tertiary/aromatic N) is 4. The topological polar surface area (TPSA) is 43.6 Å². The Kier molecular flexibility index (Phi) is 7.02. The zero-order chi connectivity index (χ0) is 38.2. The second-order valence-corrected chi connectivity index (χ2v) is 15.0. The SMILES string of the molecule is c1c(-c2ccc3c(c2)-c2ccccc2C3(c2ccccc2)c2cccnc2)cc2c3c4ccccc4ccc3n(-c3nc(-c4ccccc4)c4ccccc4n3)c2c#1. The molecular weight excluding hydrogens is 705 g/mol. The van der Waals surface area contributed by atoms with Crippen LogP contribution in [0.2, 0.25) is 0 Å². The fourth-order valence-corrected chi connectivity index (χ4v) is 9.52. The molecule has 0 aliphatic heterocycles. The van der Waals surface area contributed by atoms with Crippen molar-refractivity contribution in [3.63, 3.8) is 0 Å². The van der Waals surface area contributed by atoms with Gasteiger partial charge in [0.1, 0.15) is 5.52 Å². The highest BCUT2D eigenvalue weighted by molar-refractivity contribution is 6.21. The van der Waals surface area contributed by atoms with E-state index in [1.807, 2.05) is 36.7 Å². The van der Waals surface area contributed by atoms with E-state index in [9.17, 15) is 0 Å². The Morgan fingerprint density at radius 1 is 0.500 bits per heavy atom. The monoisotopic (exact) mass is 736 g/mol. The van der Waals surface area contributed by atoms with Crippen molar-refractivity contribution in [1.29, 1.82) is 0 Å². The van der Waals surface area contributed by atoms with Crippen LogP contribution in [-0.2, 0) is 5.41 Å². The summed E-state index contributed by atoms with van der Waals surface area (Å²) in [6, 6.07) is 72.0. The third-order valence-corrected chi connectivity index (χ3v) is 12.0. The van der Waals surface area contributed by atoms with E-state index in [1.165, 1.54) is 38.6 Å². The van der Waals surface area contributed by atoms with Crippen molar-refractivity contribution in [3.8, 4) is 39.5 Å².